The maximum Gasteiger partial charge on any atom is 0.338 e. The molecule has 0 unspecified atom stereocenters. The van der Waals surface area contributed by atoms with Crippen LogP contribution in [0, 0.1) is 11.3 Å². The Hall–Kier alpha value is -2.67. The number of benzene rings is 2. The molecule has 0 fully saturated rings. The van der Waals surface area contributed by atoms with Gasteiger partial charge in [-0.2, -0.15) is 5.26 Å². The molecular formula is C17H14FNO2. The van der Waals surface area contributed by atoms with E-state index in [0.29, 0.717) is 5.56 Å². The number of halogens is 1. The standard InChI is InChI=1S/C17H14FNO2/c1-17(18,11-19)12-21-16(20)15-9-7-14(8-10-15)13-5-3-2-4-6-13/h2-10H,12H2,1H3/t17-/m1/s1. The van der Waals surface area contributed by atoms with Crippen LogP contribution in [0.15, 0.2) is 54.6 Å². The maximum absolute atomic E-state index is 13.3. The first-order valence-corrected chi connectivity index (χ1v) is 6.45. The minimum absolute atomic E-state index is 0.323. The topological polar surface area (TPSA) is 50.1 Å². The summed E-state index contributed by atoms with van der Waals surface area (Å²) in [6.45, 7) is 0.488. The van der Waals surface area contributed by atoms with Crippen molar-refractivity contribution in [1.82, 2.24) is 0 Å². The maximum atomic E-state index is 13.3. The van der Waals surface area contributed by atoms with Crippen LogP contribution >= 0.6 is 0 Å². The van der Waals surface area contributed by atoms with Gasteiger partial charge in [-0.1, -0.05) is 42.5 Å². The van der Waals surface area contributed by atoms with Crippen LogP contribution in [0.2, 0.25) is 0 Å². The van der Waals surface area contributed by atoms with Crippen LogP contribution in [0.25, 0.3) is 11.1 Å². The number of nitrogens with zero attached hydrogens (tertiary/aromatic N) is 1. The Morgan fingerprint density at radius 2 is 1.71 bits per heavy atom. The van der Waals surface area contributed by atoms with Crippen molar-refractivity contribution in [2.75, 3.05) is 6.61 Å². The number of esters is 1. The van der Waals surface area contributed by atoms with Crippen LogP contribution in [-0.4, -0.2) is 18.2 Å². The molecule has 0 aromatic heterocycles. The lowest BCUT2D eigenvalue weighted by Crippen LogP contribution is -2.25. The molecule has 0 spiro atoms. The summed E-state index contributed by atoms with van der Waals surface area (Å²) in [5.41, 5.74) is 0.167. The SMILES string of the molecule is C[C@@](F)(C#N)COC(=O)c1ccc(-c2ccccc2)cc1. The van der Waals surface area contributed by atoms with E-state index >= 15 is 0 Å². The fourth-order valence-corrected chi connectivity index (χ4v) is 1.75. The van der Waals surface area contributed by atoms with E-state index in [1.165, 1.54) is 6.07 Å². The zero-order valence-corrected chi connectivity index (χ0v) is 11.5. The molecule has 0 saturated carbocycles. The van der Waals surface area contributed by atoms with Gasteiger partial charge < -0.3 is 4.74 Å². The molecule has 2 rings (SSSR count). The zero-order chi connectivity index (χ0) is 15.3. The summed E-state index contributed by atoms with van der Waals surface area (Å²) < 4.78 is 18.1. The van der Waals surface area contributed by atoms with Crippen LogP contribution in [0.4, 0.5) is 4.39 Å². The highest BCUT2D eigenvalue weighted by Gasteiger charge is 2.25. The average molecular weight is 283 g/mol. The molecule has 106 valence electrons. The van der Waals surface area contributed by atoms with E-state index in [1.54, 1.807) is 24.3 Å². The van der Waals surface area contributed by atoms with Gasteiger partial charge in [0.1, 0.15) is 12.7 Å². The Balaban J connectivity index is 2.06. The fourth-order valence-electron chi connectivity index (χ4n) is 1.75. The van der Waals surface area contributed by atoms with Gasteiger partial charge in [0.25, 0.3) is 0 Å². The highest BCUT2D eigenvalue weighted by Crippen LogP contribution is 2.19. The van der Waals surface area contributed by atoms with Crippen LogP contribution < -0.4 is 0 Å². The van der Waals surface area contributed by atoms with Gasteiger partial charge in [0.15, 0.2) is 0 Å². The van der Waals surface area contributed by atoms with Crippen molar-refractivity contribution in [3.63, 3.8) is 0 Å². The molecule has 0 aliphatic heterocycles. The molecule has 2 aromatic rings. The van der Waals surface area contributed by atoms with Gasteiger partial charge in [0.2, 0.25) is 5.67 Å². The summed E-state index contributed by atoms with van der Waals surface area (Å²) in [4.78, 5) is 11.8. The van der Waals surface area contributed by atoms with Gasteiger partial charge in [0, 0.05) is 0 Å². The third kappa shape index (κ3) is 3.90. The zero-order valence-electron chi connectivity index (χ0n) is 11.5. The molecule has 0 amide bonds. The van der Waals surface area contributed by atoms with Crippen molar-refractivity contribution < 1.29 is 13.9 Å². The van der Waals surface area contributed by atoms with E-state index in [-0.39, 0.29) is 0 Å². The van der Waals surface area contributed by atoms with E-state index in [4.69, 9.17) is 10.00 Å². The third-order valence-electron chi connectivity index (χ3n) is 2.94. The molecule has 0 radical (unpaired) electrons. The van der Waals surface area contributed by atoms with Gasteiger partial charge in [-0.15, -0.1) is 0 Å². The minimum Gasteiger partial charge on any atom is -0.458 e. The largest absolute Gasteiger partial charge is 0.458 e. The minimum atomic E-state index is -2.17. The summed E-state index contributed by atoms with van der Waals surface area (Å²) in [5, 5.41) is 8.52. The summed E-state index contributed by atoms with van der Waals surface area (Å²) >= 11 is 0. The summed E-state index contributed by atoms with van der Waals surface area (Å²) in [7, 11) is 0. The first kappa shape index (κ1) is 14.7. The molecule has 0 saturated heterocycles. The number of ether oxygens (including phenoxy) is 1. The second-order valence-corrected chi connectivity index (χ2v) is 4.83. The number of carbonyl (C=O) groups is 1. The molecule has 0 aliphatic rings. The van der Waals surface area contributed by atoms with Crippen LogP contribution in [0.3, 0.4) is 0 Å². The van der Waals surface area contributed by atoms with Gasteiger partial charge in [-0.05, 0) is 30.2 Å². The van der Waals surface area contributed by atoms with Crippen LogP contribution in [-0.2, 0) is 4.74 Å². The predicted molar refractivity (Wildman–Crippen MR) is 77.3 cm³/mol. The summed E-state index contributed by atoms with van der Waals surface area (Å²) in [6, 6.07) is 18.0. The van der Waals surface area contributed by atoms with Gasteiger partial charge in [0.05, 0.1) is 5.56 Å². The van der Waals surface area contributed by atoms with E-state index in [2.05, 4.69) is 0 Å². The summed E-state index contributed by atoms with van der Waals surface area (Å²) in [5.74, 6) is -0.645. The number of alkyl halides is 1. The van der Waals surface area contributed by atoms with Crippen molar-refractivity contribution >= 4 is 5.97 Å². The molecule has 21 heavy (non-hydrogen) atoms. The second kappa shape index (κ2) is 6.19. The normalized spacial score (nSPS) is 13.0. The summed E-state index contributed by atoms with van der Waals surface area (Å²) in [6.07, 6.45) is 0. The first-order chi connectivity index (χ1) is 10.0. The molecule has 2 aromatic carbocycles. The van der Waals surface area contributed by atoms with Gasteiger partial charge in [-0.3, -0.25) is 0 Å². The second-order valence-electron chi connectivity index (χ2n) is 4.83. The first-order valence-electron chi connectivity index (χ1n) is 6.45. The molecule has 4 heteroatoms. The number of nitriles is 1. The lowest BCUT2D eigenvalue weighted by Gasteiger charge is -2.11. The Morgan fingerprint density at radius 1 is 1.14 bits per heavy atom. The predicted octanol–water partition coefficient (Wildman–Crippen LogP) is 3.76. The van der Waals surface area contributed by atoms with Crippen molar-refractivity contribution in [2.45, 2.75) is 12.6 Å². The van der Waals surface area contributed by atoms with E-state index in [9.17, 15) is 9.18 Å². The molecule has 0 heterocycles. The third-order valence-corrected chi connectivity index (χ3v) is 2.94. The molecule has 1 atom stereocenters. The van der Waals surface area contributed by atoms with Crippen LogP contribution in [0.1, 0.15) is 17.3 Å². The average Bonchev–Trinajstić information content (AvgIpc) is 2.54. The van der Waals surface area contributed by atoms with Crippen molar-refractivity contribution in [1.29, 1.82) is 5.26 Å². The lowest BCUT2D eigenvalue weighted by molar-refractivity contribution is 0.0327. The van der Waals surface area contributed by atoms with E-state index < -0.39 is 18.2 Å². The number of hydrogen-bond acceptors (Lipinski definition) is 3. The molecule has 3 nitrogen and oxygen atoms in total. The van der Waals surface area contributed by atoms with E-state index in [0.717, 1.165) is 18.1 Å². The monoisotopic (exact) mass is 283 g/mol. The highest BCUT2D eigenvalue weighted by molar-refractivity contribution is 5.90. The molecule has 0 N–H and O–H groups in total. The van der Waals surface area contributed by atoms with E-state index in [1.807, 2.05) is 30.3 Å². The number of rotatable bonds is 4. The lowest BCUT2D eigenvalue weighted by atomic mass is 10.0. The number of hydrogen-bond donors (Lipinski definition) is 0. The van der Waals surface area contributed by atoms with Crippen molar-refractivity contribution in [3.05, 3.63) is 60.2 Å². The molecule has 0 bridgehead atoms. The number of carbonyl (C=O) groups excluding carboxylic acids is 1. The Kier molecular flexibility index (Phi) is 4.34. The van der Waals surface area contributed by atoms with Crippen LogP contribution in [0.5, 0.6) is 0 Å². The van der Waals surface area contributed by atoms with Gasteiger partial charge in [-0.25, -0.2) is 9.18 Å². The Bertz CT molecular complexity index is 657. The Labute approximate surface area is 122 Å². The fraction of sp³-hybridized carbons (Fsp3) is 0.176. The molecular weight excluding hydrogens is 269 g/mol. The highest BCUT2D eigenvalue weighted by atomic mass is 19.1. The molecule has 0 aliphatic carbocycles. The quantitative estimate of drug-likeness (QED) is 0.803. The van der Waals surface area contributed by atoms with Crippen molar-refractivity contribution in [3.8, 4) is 17.2 Å². The Morgan fingerprint density at radius 3 is 2.29 bits per heavy atom. The smallest absolute Gasteiger partial charge is 0.338 e. The van der Waals surface area contributed by atoms with Gasteiger partial charge >= 0.3 is 5.97 Å². The van der Waals surface area contributed by atoms with Crippen molar-refractivity contribution in [2.24, 2.45) is 0 Å².